The second kappa shape index (κ2) is 10.7. The first-order valence-electron chi connectivity index (χ1n) is 11.5. The summed E-state index contributed by atoms with van der Waals surface area (Å²) in [6, 6.07) is 9.75. The molecule has 0 atom stereocenters. The summed E-state index contributed by atoms with van der Waals surface area (Å²) >= 11 is 1.51. The lowest BCUT2D eigenvalue weighted by Crippen LogP contribution is -2.53. The summed E-state index contributed by atoms with van der Waals surface area (Å²) in [6.45, 7) is 5.39. The highest BCUT2D eigenvalue weighted by Gasteiger charge is 2.32. The fourth-order valence-electron chi connectivity index (χ4n) is 4.34. The van der Waals surface area contributed by atoms with E-state index in [9.17, 15) is 14.4 Å². The van der Waals surface area contributed by atoms with E-state index >= 15 is 0 Å². The molecule has 2 fully saturated rings. The van der Waals surface area contributed by atoms with Crippen LogP contribution in [0.2, 0.25) is 0 Å². The van der Waals surface area contributed by atoms with Crippen LogP contribution in [0, 0.1) is 12.8 Å². The molecule has 2 aliphatic rings. The van der Waals surface area contributed by atoms with Crippen LogP contribution in [0.1, 0.15) is 29.1 Å². The Bertz CT molecular complexity index is 1000. The van der Waals surface area contributed by atoms with Gasteiger partial charge >= 0.3 is 0 Å². The van der Waals surface area contributed by atoms with E-state index in [4.69, 9.17) is 0 Å². The number of hydrogen-bond donors (Lipinski definition) is 0. The van der Waals surface area contributed by atoms with Gasteiger partial charge < -0.3 is 14.7 Å². The fraction of sp³-hybridized carbons (Fsp3) is 0.440. The van der Waals surface area contributed by atoms with Crippen LogP contribution in [0.4, 0.5) is 0 Å². The second-order valence-electron chi connectivity index (χ2n) is 8.61. The number of likely N-dealkylation sites (tertiary alicyclic amines) is 1. The zero-order valence-corrected chi connectivity index (χ0v) is 19.8. The van der Waals surface area contributed by atoms with Crippen LogP contribution >= 0.6 is 11.3 Å². The number of amides is 3. The molecule has 7 nitrogen and oxygen atoms in total. The zero-order valence-electron chi connectivity index (χ0n) is 19.0. The molecule has 1 aromatic carbocycles. The molecule has 0 saturated carbocycles. The van der Waals surface area contributed by atoms with Crippen LogP contribution in [0.25, 0.3) is 6.08 Å². The van der Waals surface area contributed by atoms with E-state index in [0.29, 0.717) is 58.5 Å². The van der Waals surface area contributed by atoms with E-state index in [1.165, 1.54) is 11.3 Å². The normalized spacial score (nSPS) is 17.5. The molecule has 2 saturated heterocycles. The number of aromatic nitrogens is 1. The van der Waals surface area contributed by atoms with Crippen molar-refractivity contribution in [1.29, 1.82) is 0 Å². The van der Waals surface area contributed by atoms with Gasteiger partial charge in [0.15, 0.2) is 0 Å². The van der Waals surface area contributed by atoms with Crippen molar-refractivity contribution >= 4 is 35.1 Å². The molecule has 2 aliphatic heterocycles. The zero-order chi connectivity index (χ0) is 23.2. The number of piperazine rings is 1. The summed E-state index contributed by atoms with van der Waals surface area (Å²) in [4.78, 5) is 47.9. The predicted octanol–water partition coefficient (Wildman–Crippen LogP) is 2.62. The molecule has 3 amide bonds. The van der Waals surface area contributed by atoms with Crippen molar-refractivity contribution < 1.29 is 14.4 Å². The highest BCUT2D eigenvalue weighted by Crippen LogP contribution is 2.21. The van der Waals surface area contributed by atoms with Crippen LogP contribution in [0.15, 0.2) is 41.8 Å². The number of carbonyl (C=O) groups is 3. The van der Waals surface area contributed by atoms with Crippen molar-refractivity contribution in [1.82, 2.24) is 19.7 Å². The maximum Gasteiger partial charge on any atom is 0.246 e. The SMILES string of the molecule is Cc1csc(CC(=O)N2CCN(C(=O)C3CCN(C(=O)/C=C/c4ccccc4)CC3)CC2)n1. The second-order valence-corrected chi connectivity index (χ2v) is 9.55. The van der Waals surface area contributed by atoms with Crippen molar-refractivity contribution in [2.75, 3.05) is 39.3 Å². The third kappa shape index (κ3) is 6.07. The highest BCUT2D eigenvalue weighted by atomic mass is 32.1. The molecule has 0 N–H and O–H groups in total. The van der Waals surface area contributed by atoms with E-state index in [-0.39, 0.29) is 23.6 Å². The quantitative estimate of drug-likeness (QED) is 0.635. The lowest BCUT2D eigenvalue weighted by Gasteiger charge is -2.38. The molecule has 33 heavy (non-hydrogen) atoms. The van der Waals surface area contributed by atoms with Gasteiger partial charge in [-0.3, -0.25) is 14.4 Å². The summed E-state index contributed by atoms with van der Waals surface area (Å²) in [7, 11) is 0. The van der Waals surface area contributed by atoms with Crippen molar-refractivity contribution in [3.05, 3.63) is 58.1 Å². The average Bonchev–Trinajstić information content (AvgIpc) is 3.27. The van der Waals surface area contributed by atoms with Gasteiger partial charge in [-0.1, -0.05) is 30.3 Å². The first-order valence-corrected chi connectivity index (χ1v) is 12.4. The Morgan fingerprint density at radius 1 is 0.970 bits per heavy atom. The molecule has 174 valence electrons. The monoisotopic (exact) mass is 466 g/mol. The summed E-state index contributed by atoms with van der Waals surface area (Å²) in [5, 5.41) is 2.80. The molecule has 0 bridgehead atoms. The number of nitrogens with zero attached hydrogens (tertiary/aromatic N) is 4. The lowest BCUT2D eigenvalue weighted by molar-refractivity contribution is -0.143. The predicted molar refractivity (Wildman–Crippen MR) is 128 cm³/mol. The van der Waals surface area contributed by atoms with Gasteiger partial charge in [0, 0.05) is 62.3 Å². The van der Waals surface area contributed by atoms with Gasteiger partial charge in [-0.05, 0) is 31.4 Å². The number of benzene rings is 1. The fourth-order valence-corrected chi connectivity index (χ4v) is 5.11. The number of aryl methyl sites for hydroxylation is 1. The van der Waals surface area contributed by atoms with Gasteiger partial charge in [0.2, 0.25) is 17.7 Å². The summed E-state index contributed by atoms with van der Waals surface area (Å²) in [5.74, 6) is 0.177. The minimum atomic E-state index is -0.0484. The molecule has 4 rings (SSSR count). The number of hydrogen-bond acceptors (Lipinski definition) is 5. The Hall–Kier alpha value is -3.00. The molecule has 1 aromatic heterocycles. The van der Waals surface area contributed by atoms with Gasteiger partial charge in [0.1, 0.15) is 5.01 Å². The molecule has 0 spiro atoms. The number of carbonyl (C=O) groups excluding carboxylic acids is 3. The van der Waals surface area contributed by atoms with Crippen LogP contribution in [0.3, 0.4) is 0 Å². The molecular formula is C25H30N4O3S. The van der Waals surface area contributed by atoms with E-state index < -0.39 is 0 Å². The van der Waals surface area contributed by atoms with Gasteiger partial charge in [0.05, 0.1) is 6.42 Å². The van der Waals surface area contributed by atoms with E-state index in [2.05, 4.69) is 4.98 Å². The maximum absolute atomic E-state index is 13.0. The van der Waals surface area contributed by atoms with Gasteiger partial charge in [-0.15, -0.1) is 11.3 Å². The topological polar surface area (TPSA) is 73.8 Å². The van der Waals surface area contributed by atoms with Gasteiger partial charge in [0.25, 0.3) is 0 Å². The molecular weight excluding hydrogens is 436 g/mol. The Morgan fingerprint density at radius 2 is 1.64 bits per heavy atom. The standard InChI is InChI=1S/C25H30N4O3S/c1-19-18-33-22(26-19)17-24(31)28-13-15-29(16-14-28)25(32)21-9-11-27(12-10-21)23(30)8-7-20-5-3-2-4-6-20/h2-8,18,21H,9-17H2,1H3/b8-7+. The molecule has 0 unspecified atom stereocenters. The van der Waals surface area contributed by atoms with Crippen molar-refractivity contribution in [3.63, 3.8) is 0 Å². The lowest BCUT2D eigenvalue weighted by atomic mass is 9.95. The van der Waals surface area contributed by atoms with Crippen LogP contribution < -0.4 is 0 Å². The summed E-state index contributed by atoms with van der Waals surface area (Å²) < 4.78 is 0. The molecule has 2 aromatic rings. The smallest absolute Gasteiger partial charge is 0.246 e. The Kier molecular flexibility index (Phi) is 7.54. The number of thiazole rings is 1. The summed E-state index contributed by atoms with van der Waals surface area (Å²) in [5.41, 5.74) is 1.94. The maximum atomic E-state index is 13.0. The average molecular weight is 467 g/mol. The molecule has 0 radical (unpaired) electrons. The number of piperidine rings is 1. The number of rotatable bonds is 5. The summed E-state index contributed by atoms with van der Waals surface area (Å²) in [6.07, 6.45) is 5.15. The minimum absolute atomic E-state index is 0.00713. The molecule has 0 aliphatic carbocycles. The molecule has 3 heterocycles. The molecule has 8 heteroatoms. The van der Waals surface area contributed by atoms with E-state index in [1.807, 2.05) is 63.4 Å². The van der Waals surface area contributed by atoms with Gasteiger partial charge in [-0.2, -0.15) is 0 Å². The third-order valence-electron chi connectivity index (χ3n) is 6.29. The largest absolute Gasteiger partial charge is 0.339 e. The Balaban J connectivity index is 1.20. The first kappa shape index (κ1) is 23.2. The minimum Gasteiger partial charge on any atom is -0.339 e. The van der Waals surface area contributed by atoms with Crippen molar-refractivity contribution in [2.45, 2.75) is 26.2 Å². The highest BCUT2D eigenvalue weighted by molar-refractivity contribution is 7.09. The van der Waals surface area contributed by atoms with Crippen LogP contribution in [-0.4, -0.2) is 76.7 Å². The van der Waals surface area contributed by atoms with Crippen molar-refractivity contribution in [2.24, 2.45) is 5.92 Å². The van der Waals surface area contributed by atoms with Crippen molar-refractivity contribution in [3.8, 4) is 0 Å². The third-order valence-corrected chi connectivity index (χ3v) is 7.25. The first-order chi connectivity index (χ1) is 16.0. The Morgan fingerprint density at radius 3 is 2.27 bits per heavy atom. The van der Waals surface area contributed by atoms with E-state index in [1.54, 1.807) is 6.08 Å². The van der Waals surface area contributed by atoms with Crippen LogP contribution in [0.5, 0.6) is 0 Å². The van der Waals surface area contributed by atoms with Gasteiger partial charge in [-0.25, -0.2) is 4.98 Å². The van der Waals surface area contributed by atoms with E-state index in [0.717, 1.165) is 16.3 Å². The van der Waals surface area contributed by atoms with Crippen LogP contribution in [-0.2, 0) is 20.8 Å². The Labute approximate surface area is 198 Å².